The van der Waals surface area contributed by atoms with Crippen LogP contribution in [0.3, 0.4) is 0 Å². The van der Waals surface area contributed by atoms with Gasteiger partial charge in [-0.15, -0.1) is 5.10 Å². The SMILES string of the molecule is Cc1ccccc1Nc1nccc2c(N)nn(-c3ccc4[nH]ncc4c3)c12. The van der Waals surface area contributed by atoms with E-state index in [9.17, 15) is 0 Å². The zero-order valence-corrected chi connectivity index (χ0v) is 14.6. The first kappa shape index (κ1) is 15.4. The van der Waals surface area contributed by atoms with Gasteiger partial charge in [-0.25, -0.2) is 9.67 Å². The van der Waals surface area contributed by atoms with Gasteiger partial charge in [0.25, 0.3) is 0 Å². The van der Waals surface area contributed by atoms with E-state index in [0.29, 0.717) is 11.6 Å². The van der Waals surface area contributed by atoms with E-state index in [1.54, 1.807) is 12.4 Å². The molecular formula is C20H17N7. The summed E-state index contributed by atoms with van der Waals surface area (Å²) >= 11 is 0. The molecule has 0 aliphatic rings. The number of nitrogens with zero attached hydrogens (tertiary/aromatic N) is 4. The zero-order valence-electron chi connectivity index (χ0n) is 14.6. The number of pyridine rings is 1. The standard InChI is InChI=1S/C20H17N7/c1-12-4-2-3-5-16(12)24-20-18-15(8-9-22-20)19(21)26-27(18)14-6-7-17-13(10-14)11-23-25-17/h2-11H,1H3,(H2,21,26)(H,22,24)(H,23,25). The van der Waals surface area contributed by atoms with Crippen LogP contribution in [0.15, 0.2) is 60.9 Å². The van der Waals surface area contributed by atoms with Gasteiger partial charge in [-0.2, -0.15) is 5.10 Å². The summed E-state index contributed by atoms with van der Waals surface area (Å²) in [7, 11) is 0. The van der Waals surface area contributed by atoms with Crippen molar-refractivity contribution >= 4 is 39.1 Å². The first-order chi connectivity index (χ1) is 13.2. The van der Waals surface area contributed by atoms with Crippen LogP contribution in [0.25, 0.3) is 27.5 Å². The van der Waals surface area contributed by atoms with E-state index in [-0.39, 0.29) is 0 Å². The van der Waals surface area contributed by atoms with Gasteiger partial charge in [0.05, 0.1) is 17.4 Å². The van der Waals surface area contributed by atoms with E-state index in [2.05, 4.69) is 38.6 Å². The number of rotatable bonds is 3. The Morgan fingerprint density at radius 2 is 2.00 bits per heavy atom. The highest BCUT2D eigenvalue weighted by Gasteiger charge is 2.16. The van der Waals surface area contributed by atoms with Crippen LogP contribution in [0.2, 0.25) is 0 Å². The van der Waals surface area contributed by atoms with E-state index in [1.807, 2.05) is 47.1 Å². The van der Waals surface area contributed by atoms with Gasteiger partial charge in [0.2, 0.25) is 0 Å². The van der Waals surface area contributed by atoms with E-state index in [1.165, 1.54) is 0 Å². The molecule has 3 heterocycles. The third-order valence-electron chi connectivity index (χ3n) is 4.69. The Hall–Kier alpha value is -3.87. The fraction of sp³-hybridized carbons (Fsp3) is 0.0500. The fourth-order valence-electron chi connectivity index (χ4n) is 3.27. The maximum atomic E-state index is 6.19. The van der Waals surface area contributed by atoms with Gasteiger partial charge < -0.3 is 11.1 Å². The van der Waals surface area contributed by atoms with Crippen LogP contribution < -0.4 is 11.1 Å². The van der Waals surface area contributed by atoms with Crippen molar-refractivity contribution in [3.8, 4) is 5.69 Å². The number of H-pyrrole nitrogens is 1. The normalized spacial score (nSPS) is 11.3. The van der Waals surface area contributed by atoms with Crippen molar-refractivity contribution in [1.82, 2.24) is 25.0 Å². The Kier molecular flexibility index (Phi) is 3.33. The van der Waals surface area contributed by atoms with Gasteiger partial charge in [0.1, 0.15) is 5.52 Å². The van der Waals surface area contributed by atoms with Crippen LogP contribution in [0, 0.1) is 6.92 Å². The summed E-state index contributed by atoms with van der Waals surface area (Å²) in [4.78, 5) is 4.55. The van der Waals surface area contributed by atoms with E-state index < -0.39 is 0 Å². The predicted octanol–water partition coefficient (Wildman–Crippen LogP) is 3.93. The molecular weight excluding hydrogens is 338 g/mol. The average molecular weight is 355 g/mol. The quantitative estimate of drug-likeness (QED) is 0.455. The van der Waals surface area contributed by atoms with Crippen molar-refractivity contribution in [2.24, 2.45) is 0 Å². The van der Waals surface area contributed by atoms with Crippen LogP contribution in [0.4, 0.5) is 17.3 Å². The van der Waals surface area contributed by atoms with Crippen LogP contribution >= 0.6 is 0 Å². The molecule has 2 aromatic carbocycles. The lowest BCUT2D eigenvalue weighted by Gasteiger charge is -2.11. The highest BCUT2D eigenvalue weighted by atomic mass is 15.3. The molecule has 7 heteroatoms. The molecule has 0 atom stereocenters. The summed E-state index contributed by atoms with van der Waals surface area (Å²) in [5.74, 6) is 1.17. The van der Waals surface area contributed by atoms with Crippen molar-refractivity contribution < 1.29 is 0 Å². The number of benzene rings is 2. The third-order valence-corrected chi connectivity index (χ3v) is 4.69. The molecule has 3 aromatic heterocycles. The van der Waals surface area contributed by atoms with E-state index >= 15 is 0 Å². The summed E-state index contributed by atoms with van der Waals surface area (Å²) in [5.41, 5.74) is 11.0. The number of nitrogens with one attached hydrogen (secondary N) is 2. The second kappa shape index (κ2) is 5.84. The number of fused-ring (bicyclic) bond motifs is 2. The molecule has 0 saturated carbocycles. The van der Waals surface area contributed by atoms with Crippen LogP contribution in [0.5, 0.6) is 0 Å². The second-order valence-corrected chi connectivity index (χ2v) is 6.43. The summed E-state index contributed by atoms with van der Waals surface area (Å²) in [6.07, 6.45) is 3.53. The van der Waals surface area contributed by atoms with Crippen molar-refractivity contribution in [2.45, 2.75) is 6.92 Å². The molecule has 0 bridgehead atoms. The second-order valence-electron chi connectivity index (χ2n) is 6.43. The Labute approximate surface area is 154 Å². The van der Waals surface area contributed by atoms with Crippen molar-refractivity contribution in [2.75, 3.05) is 11.1 Å². The molecule has 4 N–H and O–H groups in total. The maximum Gasteiger partial charge on any atom is 0.157 e. The van der Waals surface area contributed by atoms with Crippen molar-refractivity contribution in [1.29, 1.82) is 0 Å². The third kappa shape index (κ3) is 2.48. The molecule has 5 aromatic rings. The van der Waals surface area contributed by atoms with E-state index in [4.69, 9.17) is 5.73 Å². The lowest BCUT2D eigenvalue weighted by atomic mass is 10.2. The number of aryl methyl sites for hydroxylation is 1. The number of para-hydroxylation sites is 1. The Bertz CT molecular complexity index is 1280. The highest BCUT2D eigenvalue weighted by Crippen LogP contribution is 2.31. The first-order valence-electron chi connectivity index (χ1n) is 8.60. The maximum absolute atomic E-state index is 6.19. The number of hydrogen-bond acceptors (Lipinski definition) is 5. The van der Waals surface area contributed by atoms with Crippen LogP contribution in [0.1, 0.15) is 5.56 Å². The van der Waals surface area contributed by atoms with Gasteiger partial charge in [0.15, 0.2) is 11.6 Å². The lowest BCUT2D eigenvalue weighted by Crippen LogP contribution is -2.02. The molecule has 5 rings (SSSR count). The van der Waals surface area contributed by atoms with Gasteiger partial charge >= 0.3 is 0 Å². The lowest BCUT2D eigenvalue weighted by molar-refractivity contribution is 0.917. The largest absolute Gasteiger partial charge is 0.382 e. The number of aromatic amines is 1. The smallest absolute Gasteiger partial charge is 0.157 e. The molecule has 0 aliphatic heterocycles. The first-order valence-corrected chi connectivity index (χ1v) is 8.60. The Morgan fingerprint density at radius 1 is 1.11 bits per heavy atom. The topological polar surface area (TPSA) is 97.4 Å². The number of aromatic nitrogens is 5. The molecule has 27 heavy (non-hydrogen) atoms. The van der Waals surface area contributed by atoms with Crippen LogP contribution in [-0.4, -0.2) is 25.0 Å². The molecule has 7 nitrogen and oxygen atoms in total. The molecule has 0 radical (unpaired) electrons. The van der Waals surface area contributed by atoms with Gasteiger partial charge in [-0.05, 0) is 42.8 Å². The summed E-state index contributed by atoms with van der Waals surface area (Å²) in [6.45, 7) is 2.06. The average Bonchev–Trinajstić information content (AvgIpc) is 3.28. The zero-order chi connectivity index (χ0) is 18.4. The minimum absolute atomic E-state index is 0.465. The fourth-order valence-corrected chi connectivity index (χ4v) is 3.27. The molecule has 0 spiro atoms. The number of nitrogen functional groups attached to an aromatic ring is 1. The summed E-state index contributed by atoms with van der Waals surface area (Å²) < 4.78 is 1.82. The van der Waals surface area contributed by atoms with E-state index in [0.717, 1.165) is 38.7 Å². The molecule has 0 unspecified atom stereocenters. The van der Waals surface area contributed by atoms with Gasteiger partial charge in [0, 0.05) is 22.7 Å². The highest BCUT2D eigenvalue weighted by molar-refractivity contribution is 5.98. The molecule has 0 aliphatic carbocycles. The predicted molar refractivity (Wildman–Crippen MR) is 107 cm³/mol. The summed E-state index contributed by atoms with van der Waals surface area (Å²) in [5, 5.41) is 16.9. The van der Waals surface area contributed by atoms with Crippen molar-refractivity contribution in [3.05, 3.63) is 66.5 Å². The molecule has 132 valence electrons. The Morgan fingerprint density at radius 3 is 2.89 bits per heavy atom. The minimum Gasteiger partial charge on any atom is -0.382 e. The number of nitrogens with two attached hydrogens (primary N) is 1. The van der Waals surface area contributed by atoms with Gasteiger partial charge in [-0.1, -0.05) is 18.2 Å². The minimum atomic E-state index is 0.465. The Balaban J connectivity index is 1.72. The molecule has 0 saturated heterocycles. The van der Waals surface area contributed by atoms with Crippen molar-refractivity contribution in [3.63, 3.8) is 0 Å². The molecule has 0 amide bonds. The summed E-state index contributed by atoms with van der Waals surface area (Å²) in [6, 6.07) is 16.0. The molecule has 0 fully saturated rings. The van der Waals surface area contributed by atoms with Gasteiger partial charge in [-0.3, -0.25) is 5.10 Å². The van der Waals surface area contributed by atoms with Crippen LogP contribution in [-0.2, 0) is 0 Å². The number of hydrogen-bond donors (Lipinski definition) is 3. The monoisotopic (exact) mass is 355 g/mol. The number of anilines is 3.